The molecular weight excluding hydrogens is 1450 g/mol. The Kier molecular flexibility index (Phi) is 28.1. The van der Waals surface area contributed by atoms with Gasteiger partial charge >= 0.3 is 11.9 Å². The smallest absolute Gasteiger partial charge is 0.335 e. The molecule has 1 N–H and O–H groups in total. The molecule has 11 aliphatic heterocycles. The van der Waals surface area contributed by atoms with Crippen molar-refractivity contribution in [2.75, 3.05) is 90.6 Å². The summed E-state index contributed by atoms with van der Waals surface area (Å²) in [5.74, 6) is -3.48. The van der Waals surface area contributed by atoms with Crippen LogP contribution in [0, 0.1) is 23.2 Å². The van der Waals surface area contributed by atoms with Gasteiger partial charge in [-0.2, -0.15) is 13.7 Å². The number of hydroxylamine groups is 2. The summed E-state index contributed by atoms with van der Waals surface area (Å²) in [5, 5.41) is 29.5. The number of aliphatic hydroxyl groups excluding tert-OH is 1. The number of aromatic nitrogens is 4. The molecule has 33 heteroatoms. The molecule has 110 heavy (non-hydrogen) atoms. The van der Waals surface area contributed by atoms with E-state index in [-0.39, 0.29) is 206 Å². The first kappa shape index (κ1) is 81.4. The van der Waals surface area contributed by atoms with Crippen molar-refractivity contribution < 1.29 is 118 Å². The summed E-state index contributed by atoms with van der Waals surface area (Å²) in [4.78, 5) is 71.8. The lowest BCUT2D eigenvalue weighted by Crippen LogP contribution is -2.61. The van der Waals surface area contributed by atoms with Crippen LogP contribution in [0.5, 0.6) is 0 Å². The van der Waals surface area contributed by atoms with Crippen molar-refractivity contribution in [1.82, 2.24) is 25.0 Å². The zero-order valence-corrected chi connectivity index (χ0v) is 63.4. The van der Waals surface area contributed by atoms with Gasteiger partial charge in [0.05, 0.1) is 183 Å². The van der Waals surface area contributed by atoms with Crippen LogP contribution in [-0.2, 0) is 134 Å². The second-order valence-corrected chi connectivity index (χ2v) is 31.8. The van der Waals surface area contributed by atoms with E-state index in [2.05, 4.69) is 35.4 Å². The molecule has 0 radical (unpaired) electrons. The summed E-state index contributed by atoms with van der Waals surface area (Å²) in [6, 6.07) is 11.1. The predicted octanol–water partition coefficient (Wildman–Crippen LogP) is 5.35. The molecule has 1 aromatic carbocycles. The van der Waals surface area contributed by atoms with Crippen LogP contribution in [0.15, 0.2) is 78.1 Å². The lowest BCUT2D eigenvalue weighted by atomic mass is 9.81. The molecule has 1 spiro atoms. The number of carbonyl (C=O) groups is 5. The van der Waals surface area contributed by atoms with Gasteiger partial charge in [0.1, 0.15) is 54.7 Å². The SMILES string of the molecule is C=C1C[C@@H]2CC[C@@]34C[C@H]5O[C@H]6[C@@H](O3)[C@H]3O[C@H](CC[C@@H]3O[C@H]6[C@H]5O4)CC(=O)C[C@@H]3[C@@H](OC)[C@@H](C[C@H](O)CCC(=O)OCc4ccc(N(CCOCCOCCOCCn5cc(COCCOCCOCCC(=O)ON6C(=O)CCC6=O)nn5)S(=O)(=O)c5ccc(C#N)cn5)cc4)O[C@H]3C[C@H]3O[C@@H](CC[C@@H]1O2)C[C@@H](C)C3=C. The number of benzene rings is 1. The fourth-order valence-electron chi connectivity index (χ4n) is 16.6. The fraction of sp³-hybridized carbons (Fsp3) is 0.701. The van der Waals surface area contributed by atoms with E-state index in [0.717, 1.165) is 47.6 Å². The molecule has 3 aromatic rings. The fourth-order valence-corrected chi connectivity index (χ4v) is 18.0. The average Bonchev–Trinajstić information content (AvgIpc) is 1.55. The van der Waals surface area contributed by atoms with E-state index in [9.17, 15) is 42.8 Å². The Hall–Kier alpha value is -6.66. The summed E-state index contributed by atoms with van der Waals surface area (Å²) in [5.41, 5.74) is 3.71. The van der Waals surface area contributed by atoms with E-state index in [1.54, 1.807) is 42.3 Å². The van der Waals surface area contributed by atoms with Crippen LogP contribution in [-0.4, -0.2) is 258 Å². The number of fused-ring (bicyclic) bond motifs is 6. The minimum absolute atomic E-state index is 0.00313. The molecule has 12 bridgehead atoms. The summed E-state index contributed by atoms with van der Waals surface area (Å²) in [6.45, 7) is 13.9. The van der Waals surface area contributed by atoms with Gasteiger partial charge in [-0.3, -0.25) is 23.5 Å². The highest BCUT2D eigenvalue weighted by molar-refractivity contribution is 7.92. The number of aliphatic hydroxyl groups is 1. The predicted molar refractivity (Wildman–Crippen MR) is 382 cm³/mol. The largest absolute Gasteiger partial charge is 0.461 e. The van der Waals surface area contributed by atoms with Crippen LogP contribution >= 0.6 is 0 Å². The maximum absolute atomic E-state index is 14.6. The van der Waals surface area contributed by atoms with Gasteiger partial charge < -0.3 is 85.7 Å². The average molecular weight is 1560 g/mol. The third-order valence-corrected chi connectivity index (χ3v) is 24.1. The molecular formula is C77H103N7O25S. The number of hydrogen-bond donors (Lipinski definition) is 1. The van der Waals surface area contributed by atoms with E-state index in [1.165, 1.54) is 18.3 Å². The number of nitriles is 1. The molecule has 11 saturated heterocycles. The van der Waals surface area contributed by atoms with E-state index in [4.69, 9.17) is 80.6 Å². The first-order valence-corrected chi connectivity index (χ1v) is 40.2. The molecule has 32 nitrogen and oxygen atoms in total. The van der Waals surface area contributed by atoms with Gasteiger partial charge in [-0.15, -0.1) is 10.2 Å². The zero-order chi connectivity index (χ0) is 76.9. The molecule has 11 fully saturated rings. The standard InChI is InChI=1S/C77H103N7O25S/c1-47-35-56-11-13-60-48(2)36-58(101-60)19-21-77-41-65-73(107-77)74-75(106-65)76(108-77)72-61(105-74)14-12-57(103-72)37-55(86)38-59-63(40-62(102-56)49(47)3)104-64(71(59)93-4)39-54(85)10-18-69(89)100-45-50-5-8-53(9-6-50)83(110(91,92)66-15-7-51(42-78)43-79-66)23-26-96-29-32-97-31-28-95-25-22-82-44-52(80-81-82)46-99-34-33-98-30-27-94-24-20-70(90)109-84-67(87)16-17-68(84)88/h5-9,15,43-44,47,54,56-65,71-76,85H,2-3,10-14,16-41,45-46H2,1,4H3/t47-,54-,56+,57-,58+,59+,60+,61+,62-,63+,64-,65-,71-,72+,73+,74+,75-,76+,77+/m1/s1. The van der Waals surface area contributed by atoms with E-state index in [1.807, 2.05) is 6.07 Å². The van der Waals surface area contributed by atoms with Crippen LogP contribution in [0.3, 0.4) is 0 Å². The number of hydrogen-bond acceptors (Lipinski definition) is 29. The van der Waals surface area contributed by atoms with Crippen molar-refractivity contribution in [3.8, 4) is 6.07 Å². The van der Waals surface area contributed by atoms with Crippen molar-refractivity contribution in [3.63, 3.8) is 0 Å². The number of methoxy groups -OCH3 is 1. The first-order valence-electron chi connectivity index (χ1n) is 38.7. The highest BCUT2D eigenvalue weighted by Gasteiger charge is 2.69. The highest BCUT2D eigenvalue weighted by Crippen LogP contribution is 2.55. The second-order valence-electron chi connectivity index (χ2n) is 30.0. The Bertz CT molecular complexity index is 3790. The molecule has 2 amide bonds. The summed E-state index contributed by atoms with van der Waals surface area (Å²) < 4.78 is 131. The maximum atomic E-state index is 14.6. The van der Waals surface area contributed by atoms with Crippen LogP contribution in [0.1, 0.15) is 139 Å². The monoisotopic (exact) mass is 1560 g/mol. The molecule has 0 aliphatic carbocycles. The molecule has 0 saturated carbocycles. The number of ether oxygens (including phenoxy) is 16. The zero-order valence-electron chi connectivity index (χ0n) is 62.5. The number of imide groups is 1. The number of esters is 1. The number of ketones is 1. The third-order valence-electron chi connectivity index (χ3n) is 22.3. The van der Waals surface area contributed by atoms with E-state index < -0.39 is 82.1 Å². The van der Waals surface area contributed by atoms with Gasteiger partial charge in [-0.1, -0.05) is 37.4 Å². The Morgan fingerprint density at radius 2 is 1.40 bits per heavy atom. The molecule has 602 valence electrons. The molecule has 13 heterocycles. The molecule has 19 atom stereocenters. The van der Waals surface area contributed by atoms with Gasteiger partial charge in [0.2, 0.25) is 0 Å². The van der Waals surface area contributed by atoms with Gasteiger partial charge in [-0.25, -0.2) is 14.5 Å². The number of Topliss-reactive ketones (excluding diaryl/α,β-unsaturated/α-hetero) is 1. The minimum Gasteiger partial charge on any atom is -0.461 e. The van der Waals surface area contributed by atoms with Crippen molar-refractivity contribution in [2.24, 2.45) is 11.8 Å². The number of carbonyl (C=O) groups excluding carboxylic acids is 5. The lowest BCUT2D eigenvalue weighted by molar-refractivity contribution is -0.292. The molecule has 2 aromatic heterocycles. The summed E-state index contributed by atoms with van der Waals surface area (Å²) >= 11 is 0. The first-order chi connectivity index (χ1) is 53.3. The van der Waals surface area contributed by atoms with Crippen molar-refractivity contribution >= 4 is 45.2 Å². The Balaban J connectivity index is 0.536. The van der Waals surface area contributed by atoms with Gasteiger partial charge in [-0.05, 0) is 98.3 Å². The van der Waals surface area contributed by atoms with E-state index in [0.29, 0.717) is 81.4 Å². The lowest BCUT2D eigenvalue weighted by Gasteiger charge is -2.47. The Morgan fingerprint density at radius 1 is 0.709 bits per heavy atom. The number of amides is 2. The van der Waals surface area contributed by atoms with Crippen LogP contribution in [0.4, 0.5) is 5.69 Å². The summed E-state index contributed by atoms with van der Waals surface area (Å²) in [7, 11) is -2.68. The Morgan fingerprint density at radius 3 is 2.15 bits per heavy atom. The minimum atomic E-state index is -4.27. The van der Waals surface area contributed by atoms with Gasteiger partial charge in [0.25, 0.3) is 21.8 Å². The number of nitrogens with zero attached hydrogens (tertiary/aromatic N) is 7. The van der Waals surface area contributed by atoms with Crippen molar-refractivity contribution in [3.05, 3.63) is 89.9 Å². The van der Waals surface area contributed by atoms with Gasteiger partial charge in [0, 0.05) is 77.0 Å². The molecule has 14 rings (SSSR count). The number of rotatable bonds is 35. The van der Waals surface area contributed by atoms with Crippen LogP contribution in [0.25, 0.3) is 0 Å². The van der Waals surface area contributed by atoms with Crippen LogP contribution in [0.2, 0.25) is 0 Å². The second kappa shape index (κ2) is 38.0. The topological polar surface area (TPSA) is 370 Å². The normalized spacial score (nSPS) is 31.7. The van der Waals surface area contributed by atoms with Crippen molar-refractivity contribution in [1.29, 1.82) is 5.26 Å². The van der Waals surface area contributed by atoms with E-state index >= 15 is 0 Å². The quantitative estimate of drug-likeness (QED) is 0.0335. The Labute approximate surface area is 640 Å². The molecule has 11 aliphatic rings. The number of pyridine rings is 1. The third kappa shape index (κ3) is 20.5. The highest BCUT2D eigenvalue weighted by atomic mass is 32.2. The van der Waals surface area contributed by atoms with Gasteiger partial charge in [0.15, 0.2) is 10.8 Å². The number of sulfonamides is 1. The van der Waals surface area contributed by atoms with Crippen LogP contribution < -0.4 is 4.31 Å². The van der Waals surface area contributed by atoms with Crippen molar-refractivity contribution in [2.45, 2.75) is 251 Å². The summed E-state index contributed by atoms with van der Waals surface area (Å²) in [6.07, 6.45) is 4.31. The number of anilines is 1. The molecule has 0 unspecified atom stereocenters. The maximum Gasteiger partial charge on any atom is 0.335 e.